The van der Waals surface area contributed by atoms with Crippen molar-refractivity contribution < 1.29 is 18.6 Å². The van der Waals surface area contributed by atoms with E-state index in [1.54, 1.807) is 0 Å². The summed E-state index contributed by atoms with van der Waals surface area (Å²) in [7, 11) is 3.79. The molecule has 6 heteroatoms. The molecule has 0 aliphatic carbocycles. The largest absolute Gasteiger partial charge is 0.452 e. The van der Waals surface area contributed by atoms with Gasteiger partial charge in [0.2, 0.25) is 0 Å². The highest BCUT2D eigenvalue weighted by molar-refractivity contribution is 7.11. The number of carbonyl (C=O) groups excluding carboxylic acids is 2. The number of hydrogen-bond donors (Lipinski definition) is 0. The van der Waals surface area contributed by atoms with E-state index in [1.807, 2.05) is 49.3 Å². The fourth-order valence-electron chi connectivity index (χ4n) is 0.804. The minimum absolute atomic E-state index is 0.235. The molecule has 0 aromatic heterocycles. The van der Waals surface area contributed by atoms with Gasteiger partial charge in [0.05, 0.1) is 25.4 Å². The summed E-state index contributed by atoms with van der Waals surface area (Å²) in [6.07, 6.45) is 0.338. The summed E-state index contributed by atoms with van der Waals surface area (Å²) in [6, 6.07) is 9.48. The lowest BCUT2D eigenvalue weighted by Crippen LogP contribution is -2.00. The maximum atomic E-state index is 10.7. The minimum atomic E-state index is -0.282. The van der Waals surface area contributed by atoms with Gasteiger partial charge in [0.1, 0.15) is 0 Å². The zero-order valence-electron chi connectivity index (χ0n) is 8.88. The first-order valence-corrected chi connectivity index (χ1v) is 5.35. The lowest BCUT2D eigenvalue weighted by Gasteiger charge is -1.97. The summed E-state index contributed by atoms with van der Waals surface area (Å²) >= 11 is 0. The quantitative estimate of drug-likeness (QED) is 0.762. The minimum Gasteiger partial charge on any atom is -0.452 e. The van der Waals surface area contributed by atoms with Gasteiger partial charge in [0, 0.05) is 6.92 Å². The van der Waals surface area contributed by atoms with Crippen molar-refractivity contribution in [2.75, 3.05) is 0 Å². The van der Waals surface area contributed by atoms with Crippen molar-refractivity contribution in [1.29, 1.82) is 0 Å². The van der Waals surface area contributed by atoms with Crippen molar-refractivity contribution in [2.24, 2.45) is 0 Å². The first-order chi connectivity index (χ1) is 7.60. The highest BCUT2D eigenvalue weighted by atomic mass is 31.0. The zero-order valence-corrected chi connectivity index (χ0v) is 11.2. The predicted molar refractivity (Wildman–Crippen MR) is 67.4 cm³/mol. The normalized spacial score (nSPS) is 8.44. The molecule has 1 rings (SSSR count). The predicted octanol–water partition coefficient (Wildman–Crippen LogP) is 1.90. The summed E-state index contributed by atoms with van der Waals surface area (Å²) < 4.78 is 8.46. The van der Waals surface area contributed by atoms with Crippen LogP contribution in [0.25, 0.3) is 0 Å². The molecule has 2 unspecified atom stereocenters. The first-order valence-electron chi connectivity index (χ1n) is 4.41. The second-order valence-corrected chi connectivity index (χ2v) is 3.23. The van der Waals surface area contributed by atoms with Gasteiger partial charge in [-0.1, -0.05) is 30.3 Å². The van der Waals surface area contributed by atoms with Crippen molar-refractivity contribution in [3.05, 3.63) is 35.9 Å². The van der Waals surface area contributed by atoms with Gasteiger partial charge in [-0.2, -0.15) is 0 Å². The molecule has 4 nitrogen and oxygen atoms in total. The molecule has 1 aromatic rings. The molecular formula is C10H14O4P2. The number of rotatable bonds is 2. The van der Waals surface area contributed by atoms with E-state index in [0.717, 1.165) is 5.56 Å². The Kier molecular flexibility index (Phi) is 8.69. The Hall–Kier alpha value is -0.980. The van der Waals surface area contributed by atoms with Gasteiger partial charge in [-0.3, -0.25) is 9.59 Å². The molecule has 16 heavy (non-hydrogen) atoms. The molecule has 0 aliphatic rings. The fraction of sp³-hybridized carbons (Fsp3) is 0.200. The maximum Gasteiger partial charge on any atom is 0.312 e. The summed E-state index contributed by atoms with van der Waals surface area (Å²) in [5.41, 5.74) is 0.972. The third-order valence-corrected chi connectivity index (χ3v) is 2.08. The van der Waals surface area contributed by atoms with Crippen LogP contribution in [0.15, 0.2) is 30.3 Å². The summed E-state index contributed by atoms with van der Waals surface area (Å²) in [4.78, 5) is 20.3. The van der Waals surface area contributed by atoms with Crippen LogP contribution in [-0.2, 0) is 25.1 Å². The standard InChI is InChI=1S/C8H9O2P.C2H5O2P/c9-8(10-11)6-7-4-2-1-3-5-7;1-2(3)4-5/h1-5H,6,11H2;5H2,1H3. The van der Waals surface area contributed by atoms with E-state index in [2.05, 4.69) is 9.05 Å². The molecule has 1 aromatic carbocycles. The molecule has 0 saturated carbocycles. The molecule has 0 bridgehead atoms. The van der Waals surface area contributed by atoms with Crippen LogP contribution in [0.2, 0.25) is 0 Å². The molecule has 2 atom stereocenters. The van der Waals surface area contributed by atoms with Crippen molar-refractivity contribution in [2.45, 2.75) is 13.3 Å². The average Bonchev–Trinajstić information content (AvgIpc) is 2.31. The van der Waals surface area contributed by atoms with E-state index in [0.29, 0.717) is 6.42 Å². The average molecular weight is 260 g/mol. The molecule has 0 amide bonds. The molecule has 0 radical (unpaired) electrons. The molecule has 0 spiro atoms. The Morgan fingerprint density at radius 3 is 2.00 bits per heavy atom. The molecular weight excluding hydrogens is 246 g/mol. The second-order valence-electron chi connectivity index (χ2n) is 2.76. The van der Waals surface area contributed by atoms with Crippen molar-refractivity contribution in [3.63, 3.8) is 0 Å². The molecule has 0 fully saturated rings. The summed E-state index contributed by atoms with van der Waals surface area (Å²) in [6.45, 7) is 1.34. The van der Waals surface area contributed by atoms with Crippen LogP contribution >= 0.6 is 18.9 Å². The molecule has 0 saturated heterocycles. The number of carbonyl (C=O) groups is 2. The monoisotopic (exact) mass is 260 g/mol. The van der Waals surface area contributed by atoms with E-state index >= 15 is 0 Å². The van der Waals surface area contributed by atoms with Crippen molar-refractivity contribution in [1.82, 2.24) is 0 Å². The molecule has 0 aliphatic heterocycles. The van der Waals surface area contributed by atoms with Gasteiger partial charge in [-0.25, -0.2) is 0 Å². The summed E-state index contributed by atoms with van der Waals surface area (Å²) in [5, 5.41) is 0. The molecule has 88 valence electrons. The van der Waals surface area contributed by atoms with Crippen molar-refractivity contribution in [3.8, 4) is 0 Å². The Balaban J connectivity index is 0.000000385. The molecule has 0 N–H and O–H groups in total. The van der Waals surface area contributed by atoms with Crippen molar-refractivity contribution >= 4 is 30.9 Å². The van der Waals surface area contributed by atoms with Crippen LogP contribution in [0.3, 0.4) is 0 Å². The van der Waals surface area contributed by atoms with E-state index in [-0.39, 0.29) is 11.9 Å². The Labute approximate surface area is 99.3 Å². The van der Waals surface area contributed by atoms with E-state index < -0.39 is 0 Å². The Morgan fingerprint density at radius 1 is 1.12 bits per heavy atom. The highest BCUT2D eigenvalue weighted by Gasteiger charge is 1.99. The summed E-state index contributed by atoms with van der Waals surface area (Å²) in [5.74, 6) is -0.517. The number of benzene rings is 1. The van der Waals surface area contributed by atoms with E-state index in [9.17, 15) is 9.59 Å². The number of hydrogen-bond acceptors (Lipinski definition) is 4. The smallest absolute Gasteiger partial charge is 0.312 e. The van der Waals surface area contributed by atoms with Crippen LogP contribution < -0.4 is 0 Å². The Morgan fingerprint density at radius 2 is 1.62 bits per heavy atom. The SMILES string of the molecule is CC(=O)OP.O=C(Cc1ccccc1)OP. The lowest BCUT2D eigenvalue weighted by molar-refractivity contribution is -0.132. The third kappa shape index (κ3) is 8.34. The van der Waals surface area contributed by atoms with Gasteiger partial charge in [-0.15, -0.1) is 0 Å². The van der Waals surface area contributed by atoms with Gasteiger partial charge >= 0.3 is 11.9 Å². The lowest BCUT2D eigenvalue weighted by atomic mass is 10.2. The van der Waals surface area contributed by atoms with Gasteiger partial charge < -0.3 is 9.05 Å². The van der Waals surface area contributed by atoms with Gasteiger partial charge in [-0.05, 0) is 5.56 Å². The fourth-order valence-corrected chi connectivity index (χ4v) is 0.888. The van der Waals surface area contributed by atoms with E-state index in [1.165, 1.54) is 6.92 Å². The third-order valence-electron chi connectivity index (χ3n) is 1.49. The topological polar surface area (TPSA) is 52.6 Å². The van der Waals surface area contributed by atoms with Crippen LogP contribution in [0.1, 0.15) is 12.5 Å². The van der Waals surface area contributed by atoms with E-state index in [4.69, 9.17) is 0 Å². The van der Waals surface area contributed by atoms with Crippen LogP contribution in [0, 0.1) is 0 Å². The van der Waals surface area contributed by atoms with Gasteiger partial charge in [0.25, 0.3) is 0 Å². The zero-order chi connectivity index (χ0) is 12.4. The highest BCUT2D eigenvalue weighted by Crippen LogP contribution is 2.01. The maximum absolute atomic E-state index is 10.7. The van der Waals surface area contributed by atoms with Crippen LogP contribution in [0.5, 0.6) is 0 Å². The first kappa shape index (κ1) is 15.0. The van der Waals surface area contributed by atoms with Gasteiger partial charge in [0.15, 0.2) is 0 Å². The molecule has 0 heterocycles. The van der Waals surface area contributed by atoms with Crippen LogP contribution in [-0.4, -0.2) is 11.9 Å². The Bertz CT molecular complexity index is 327. The van der Waals surface area contributed by atoms with Crippen LogP contribution in [0.4, 0.5) is 0 Å². The second kappa shape index (κ2) is 9.26.